The van der Waals surface area contributed by atoms with Crippen LogP contribution in [0.3, 0.4) is 0 Å². The molecule has 3 aromatic rings. The predicted octanol–water partition coefficient (Wildman–Crippen LogP) is 3.74. The molecule has 0 radical (unpaired) electrons. The van der Waals surface area contributed by atoms with Gasteiger partial charge in [-0.2, -0.15) is 0 Å². The second-order valence-electron chi connectivity index (χ2n) is 17.3. The highest BCUT2D eigenvalue weighted by molar-refractivity contribution is 5.97. The van der Waals surface area contributed by atoms with Gasteiger partial charge in [-0.3, -0.25) is 0 Å². The molecule has 10 heteroatoms. The molecule has 3 spiro atoms. The van der Waals surface area contributed by atoms with Crippen molar-refractivity contribution in [2.75, 3.05) is 27.2 Å². The monoisotopic (exact) mass is 712 g/mol. The molecule has 9 aliphatic rings. The number of hydrogen-bond donors (Lipinski definition) is 2. The van der Waals surface area contributed by atoms with Gasteiger partial charge >= 0.3 is 11.9 Å². The Hall–Kier alpha value is -4.48. The standard InChI is InChI=1S/C43H40N2O8/c1-44-15-14-42-25-8-10-28(46)37(42)52-34-30(12-6-21(32(34)42)17-27(25)44)50-39(48)22-4-3-5-23(16-22)40(49)51-31-13-7-24-18-41-19-43-26(36(41)45(2)20-41)9-11-29(47)38(43)53-35(31)33(24)43/h3-13,16,25-29,36-38,46-47H,14-15,17-20H2,1-2H3/t25?,26?,27-,28+,29+,36+,37+,38-,41?,42+,43+/m0/s1. The van der Waals surface area contributed by atoms with Crippen LogP contribution in [0, 0.1) is 17.3 Å². The number of fused-ring (bicyclic) bond motifs is 1. The largest absolute Gasteiger partial charge is 0.482 e. The van der Waals surface area contributed by atoms with Crippen LogP contribution in [0.2, 0.25) is 0 Å². The average molecular weight is 713 g/mol. The fourth-order valence-electron chi connectivity index (χ4n) is 13.2. The minimum Gasteiger partial charge on any atom is -0.482 e. The molecular weight excluding hydrogens is 672 g/mol. The van der Waals surface area contributed by atoms with Crippen LogP contribution >= 0.6 is 0 Å². The third-order valence-corrected chi connectivity index (χ3v) is 14.9. The molecule has 3 aromatic carbocycles. The number of nitrogens with zero attached hydrogens (tertiary/aromatic N) is 2. The SMILES string of the molecule is CN1CC[C@@]23c4c5ccc(OC(=O)c6cccc(C(=O)Oc7ccc8c9c7O[C@H]7[C@H](O)C=CC%10[C@H]%11N(C)CC%11(C8)C[C@]9%107)c6)c4O[C@@H]2[C@H](O)C=CC3[C@@H]1C5. The number of ether oxygens (including phenoxy) is 4. The predicted molar refractivity (Wildman–Crippen MR) is 191 cm³/mol. The molecule has 4 heterocycles. The van der Waals surface area contributed by atoms with E-state index in [2.05, 4.69) is 42.1 Å². The van der Waals surface area contributed by atoms with Gasteiger partial charge in [0, 0.05) is 57.8 Å². The first kappa shape index (κ1) is 30.9. The number of rotatable bonds is 4. The molecule has 10 nitrogen and oxygen atoms in total. The molecule has 2 saturated heterocycles. The van der Waals surface area contributed by atoms with Crippen molar-refractivity contribution < 1.29 is 38.7 Å². The van der Waals surface area contributed by atoms with Gasteiger partial charge in [0.05, 0.1) is 11.1 Å². The number of carbonyl (C=O) groups is 2. The van der Waals surface area contributed by atoms with Gasteiger partial charge in [0.25, 0.3) is 0 Å². The molecule has 11 atom stereocenters. The number of benzene rings is 3. The Morgan fingerprint density at radius 3 is 2.08 bits per heavy atom. The van der Waals surface area contributed by atoms with E-state index in [1.54, 1.807) is 24.3 Å². The van der Waals surface area contributed by atoms with Crippen LogP contribution in [-0.2, 0) is 23.7 Å². The molecule has 12 rings (SSSR count). The first-order chi connectivity index (χ1) is 25.6. The zero-order valence-corrected chi connectivity index (χ0v) is 29.5. The summed E-state index contributed by atoms with van der Waals surface area (Å²) >= 11 is 0. The Morgan fingerprint density at radius 1 is 0.774 bits per heavy atom. The van der Waals surface area contributed by atoms with Crippen LogP contribution in [0.4, 0.5) is 0 Å². The van der Waals surface area contributed by atoms with Crippen LogP contribution in [0.1, 0.15) is 55.8 Å². The summed E-state index contributed by atoms with van der Waals surface area (Å²) in [6.07, 6.45) is 9.26. The zero-order valence-electron chi connectivity index (χ0n) is 29.5. The molecule has 53 heavy (non-hydrogen) atoms. The maximum Gasteiger partial charge on any atom is 0.343 e. The Balaban J connectivity index is 0.837. The van der Waals surface area contributed by atoms with Gasteiger partial charge < -0.3 is 39.0 Å². The highest BCUT2D eigenvalue weighted by Crippen LogP contribution is 2.73. The smallest absolute Gasteiger partial charge is 0.343 e. The van der Waals surface area contributed by atoms with Crippen LogP contribution < -0.4 is 18.9 Å². The fraction of sp³-hybridized carbons (Fsp3) is 0.442. The zero-order chi connectivity index (χ0) is 35.8. The second-order valence-corrected chi connectivity index (χ2v) is 17.3. The number of aliphatic hydroxyl groups excluding tert-OH is 2. The summed E-state index contributed by atoms with van der Waals surface area (Å²) in [5.74, 6) is 0.878. The lowest BCUT2D eigenvalue weighted by atomic mass is 9.53. The molecule has 4 bridgehead atoms. The van der Waals surface area contributed by atoms with E-state index in [1.165, 1.54) is 17.2 Å². The van der Waals surface area contributed by atoms with E-state index in [0.717, 1.165) is 49.9 Å². The van der Waals surface area contributed by atoms with Crippen molar-refractivity contribution in [3.63, 3.8) is 0 Å². The summed E-state index contributed by atoms with van der Waals surface area (Å²) < 4.78 is 25.3. The van der Waals surface area contributed by atoms with Crippen LogP contribution in [0.25, 0.3) is 0 Å². The third-order valence-electron chi connectivity index (χ3n) is 14.9. The molecule has 5 aliphatic carbocycles. The maximum absolute atomic E-state index is 13.8. The van der Waals surface area contributed by atoms with E-state index in [0.29, 0.717) is 35.1 Å². The number of carbonyl (C=O) groups excluding carboxylic acids is 2. The topological polar surface area (TPSA) is 118 Å². The lowest BCUT2D eigenvalue weighted by molar-refractivity contribution is -0.0453. The van der Waals surface area contributed by atoms with Gasteiger partial charge in [0.1, 0.15) is 24.4 Å². The van der Waals surface area contributed by atoms with Crippen LogP contribution in [0.15, 0.2) is 72.8 Å². The van der Waals surface area contributed by atoms with Crippen LogP contribution in [-0.4, -0.2) is 95.6 Å². The molecule has 0 aromatic heterocycles. The summed E-state index contributed by atoms with van der Waals surface area (Å²) in [5, 5.41) is 22.3. The Bertz CT molecular complexity index is 2270. The molecule has 0 amide bonds. The van der Waals surface area contributed by atoms with E-state index >= 15 is 0 Å². The van der Waals surface area contributed by atoms with Crippen molar-refractivity contribution in [3.05, 3.63) is 106 Å². The summed E-state index contributed by atoms with van der Waals surface area (Å²) in [5.41, 5.74) is 4.35. The summed E-state index contributed by atoms with van der Waals surface area (Å²) in [6.45, 7) is 1.92. The van der Waals surface area contributed by atoms with Gasteiger partial charge in [-0.1, -0.05) is 42.5 Å². The molecular formula is C43H40N2O8. The Kier molecular flexibility index (Phi) is 5.82. The number of piperidine rings is 1. The molecule has 1 saturated carbocycles. The summed E-state index contributed by atoms with van der Waals surface area (Å²) in [7, 11) is 4.35. The normalized spacial score (nSPS) is 39.6. The number of likely N-dealkylation sites (N-methyl/N-ethyl adjacent to an activating group) is 1. The van der Waals surface area contributed by atoms with Crippen molar-refractivity contribution in [1.29, 1.82) is 0 Å². The van der Waals surface area contributed by atoms with E-state index in [4.69, 9.17) is 18.9 Å². The molecule has 270 valence electrons. The Morgan fingerprint density at radius 2 is 1.40 bits per heavy atom. The minimum absolute atomic E-state index is 0.162. The van der Waals surface area contributed by atoms with Crippen molar-refractivity contribution in [3.8, 4) is 23.0 Å². The summed E-state index contributed by atoms with van der Waals surface area (Å²) in [6, 6.07) is 14.8. The lowest BCUT2D eigenvalue weighted by Crippen LogP contribution is -2.64. The van der Waals surface area contributed by atoms with E-state index < -0.39 is 36.4 Å². The molecule has 2 N–H and O–H groups in total. The lowest BCUT2D eigenvalue weighted by Gasteiger charge is -2.56. The quantitative estimate of drug-likeness (QED) is 0.236. The first-order valence-electron chi connectivity index (χ1n) is 19.0. The average Bonchev–Trinajstić information content (AvgIpc) is 3.75. The van der Waals surface area contributed by atoms with Gasteiger partial charge in [-0.25, -0.2) is 9.59 Å². The fourth-order valence-corrected chi connectivity index (χ4v) is 13.2. The van der Waals surface area contributed by atoms with Crippen molar-refractivity contribution in [2.45, 2.75) is 73.0 Å². The van der Waals surface area contributed by atoms with E-state index in [9.17, 15) is 19.8 Å². The maximum atomic E-state index is 13.8. The van der Waals surface area contributed by atoms with E-state index in [-0.39, 0.29) is 39.2 Å². The summed E-state index contributed by atoms with van der Waals surface area (Å²) in [4.78, 5) is 32.4. The van der Waals surface area contributed by atoms with Crippen molar-refractivity contribution in [1.82, 2.24) is 9.80 Å². The number of aliphatic hydroxyl groups is 2. The van der Waals surface area contributed by atoms with E-state index in [1.807, 2.05) is 24.3 Å². The molecule has 3 fully saturated rings. The Labute approximate surface area is 306 Å². The number of likely N-dealkylation sites (tertiary alicyclic amines) is 2. The van der Waals surface area contributed by atoms with Gasteiger partial charge in [0.2, 0.25) is 0 Å². The highest BCUT2D eigenvalue weighted by Gasteiger charge is 2.76. The van der Waals surface area contributed by atoms with Crippen molar-refractivity contribution >= 4 is 11.9 Å². The molecule has 3 unspecified atom stereocenters. The molecule has 4 aliphatic heterocycles. The van der Waals surface area contributed by atoms with Gasteiger partial charge in [-0.15, -0.1) is 0 Å². The number of esters is 2. The van der Waals surface area contributed by atoms with Gasteiger partial charge in [0.15, 0.2) is 23.0 Å². The number of hydrogen-bond acceptors (Lipinski definition) is 10. The second kappa shape index (κ2) is 9.98. The van der Waals surface area contributed by atoms with Gasteiger partial charge in [-0.05, 0) is 87.8 Å². The van der Waals surface area contributed by atoms with Crippen molar-refractivity contribution in [2.24, 2.45) is 17.3 Å². The minimum atomic E-state index is -0.760. The first-order valence-corrected chi connectivity index (χ1v) is 19.0. The highest BCUT2D eigenvalue weighted by atomic mass is 16.6. The van der Waals surface area contributed by atoms with Crippen LogP contribution in [0.5, 0.6) is 23.0 Å². The third kappa shape index (κ3) is 3.59.